The van der Waals surface area contributed by atoms with Crippen molar-refractivity contribution >= 4 is 21.8 Å². The van der Waals surface area contributed by atoms with Crippen molar-refractivity contribution in [1.82, 2.24) is 29.7 Å². The number of benzene rings is 2. The summed E-state index contributed by atoms with van der Waals surface area (Å²) >= 11 is 0. The molecule has 0 radical (unpaired) electrons. The summed E-state index contributed by atoms with van der Waals surface area (Å²) in [6.45, 7) is 4.09. The number of hydrogen-bond donors (Lipinski definition) is 2. The molecule has 3 aromatic heterocycles. The molecule has 0 atom stereocenters. The van der Waals surface area contributed by atoms with Crippen molar-refractivity contribution in [3.8, 4) is 11.4 Å². The highest BCUT2D eigenvalue weighted by atomic mass is 16.2. The molecule has 7 rings (SSSR count). The van der Waals surface area contributed by atoms with Gasteiger partial charge in [0.15, 0.2) is 0 Å². The monoisotopic (exact) mass is 532 g/mol. The molecule has 0 aliphatic carbocycles. The predicted octanol–water partition coefficient (Wildman–Crippen LogP) is 4.02. The third-order valence-electron chi connectivity index (χ3n) is 8.52. The lowest BCUT2D eigenvalue weighted by Crippen LogP contribution is -2.37. The Hall–Kier alpha value is -4.14. The van der Waals surface area contributed by atoms with Gasteiger partial charge in [-0.3, -0.25) is 19.3 Å². The van der Waals surface area contributed by atoms with E-state index < -0.39 is 5.69 Å². The lowest BCUT2D eigenvalue weighted by molar-refractivity contribution is 0.460. The highest BCUT2D eigenvalue weighted by molar-refractivity contribution is 5.82. The lowest BCUT2D eigenvalue weighted by atomic mass is 9.89. The minimum atomic E-state index is -0.446. The van der Waals surface area contributed by atoms with Crippen molar-refractivity contribution in [2.75, 3.05) is 26.2 Å². The second-order valence-electron chi connectivity index (χ2n) is 11.0. The molecule has 0 bridgehead atoms. The summed E-state index contributed by atoms with van der Waals surface area (Å²) in [5, 5.41) is 8.75. The maximum Gasteiger partial charge on any atom is 0.340 e. The lowest BCUT2D eigenvalue weighted by Gasteiger charge is -2.23. The molecule has 2 aliphatic heterocycles. The minimum absolute atomic E-state index is 0.390. The molecule has 2 aliphatic rings. The molecule has 2 N–H and O–H groups in total. The molecule has 5 aromatic rings. The average molecular weight is 533 g/mol. The van der Waals surface area contributed by atoms with Gasteiger partial charge >= 0.3 is 5.69 Å². The molecule has 40 heavy (non-hydrogen) atoms. The quantitative estimate of drug-likeness (QED) is 0.363. The van der Waals surface area contributed by atoms with E-state index in [-0.39, 0.29) is 5.56 Å². The second kappa shape index (κ2) is 10.4. The van der Waals surface area contributed by atoms with Crippen LogP contribution in [-0.4, -0.2) is 45.3 Å². The predicted molar refractivity (Wildman–Crippen MR) is 158 cm³/mol. The molecule has 5 heterocycles. The van der Waals surface area contributed by atoms with Crippen molar-refractivity contribution in [3.05, 3.63) is 105 Å². The van der Waals surface area contributed by atoms with Gasteiger partial charge in [0.25, 0.3) is 5.56 Å². The fourth-order valence-corrected chi connectivity index (χ4v) is 6.26. The Balaban J connectivity index is 1.28. The Bertz CT molecular complexity index is 1830. The standard InChI is InChI=1S/C32H32N6O2/c39-31-9-14-37(27-17-25-15-23(1-3-29(25)35-19-27)21-5-10-33-11-6-21)32(40)38(31)28-18-26-16-24(2-4-30(26)36-20-28)22-7-12-34-13-8-22/h1-4,9,14-22,33-34H,5-8,10-13H2. The van der Waals surface area contributed by atoms with Crippen LogP contribution in [0, 0.1) is 0 Å². The highest BCUT2D eigenvalue weighted by Gasteiger charge is 2.18. The molecule has 0 unspecified atom stereocenters. The van der Waals surface area contributed by atoms with Crippen LogP contribution in [0.5, 0.6) is 0 Å². The van der Waals surface area contributed by atoms with Crippen LogP contribution in [0.3, 0.4) is 0 Å². The number of pyridine rings is 2. The first-order valence-corrected chi connectivity index (χ1v) is 14.2. The fourth-order valence-electron chi connectivity index (χ4n) is 6.26. The zero-order valence-corrected chi connectivity index (χ0v) is 22.3. The molecule has 2 aromatic carbocycles. The van der Waals surface area contributed by atoms with Gasteiger partial charge in [-0.1, -0.05) is 12.1 Å². The summed E-state index contributed by atoms with van der Waals surface area (Å²) < 4.78 is 2.68. The van der Waals surface area contributed by atoms with Crippen LogP contribution in [0.2, 0.25) is 0 Å². The number of piperidine rings is 2. The van der Waals surface area contributed by atoms with Crippen molar-refractivity contribution in [2.45, 2.75) is 37.5 Å². The van der Waals surface area contributed by atoms with Gasteiger partial charge in [0.05, 0.1) is 34.8 Å². The Morgan fingerprint density at radius 1 is 0.650 bits per heavy atom. The van der Waals surface area contributed by atoms with Crippen LogP contribution in [0.4, 0.5) is 0 Å². The number of nitrogens with zero attached hydrogens (tertiary/aromatic N) is 4. The average Bonchev–Trinajstić information content (AvgIpc) is 3.01. The van der Waals surface area contributed by atoms with Gasteiger partial charge in [0, 0.05) is 23.0 Å². The zero-order valence-electron chi connectivity index (χ0n) is 22.3. The number of fused-ring (bicyclic) bond motifs is 2. The molecule has 202 valence electrons. The van der Waals surface area contributed by atoms with Crippen molar-refractivity contribution in [3.63, 3.8) is 0 Å². The number of aromatic nitrogens is 4. The third kappa shape index (κ3) is 4.63. The van der Waals surface area contributed by atoms with E-state index in [1.54, 1.807) is 12.4 Å². The van der Waals surface area contributed by atoms with Gasteiger partial charge in [-0.05, 0) is 111 Å². The highest BCUT2D eigenvalue weighted by Crippen LogP contribution is 2.29. The zero-order chi connectivity index (χ0) is 27.1. The van der Waals surface area contributed by atoms with Gasteiger partial charge in [-0.25, -0.2) is 9.36 Å². The van der Waals surface area contributed by atoms with Crippen LogP contribution in [0.15, 0.2) is 82.8 Å². The number of hydrogen-bond acceptors (Lipinski definition) is 6. The van der Waals surface area contributed by atoms with Crippen LogP contribution >= 0.6 is 0 Å². The van der Waals surface area contributed by atoms with Gasteiger partial charge in [-0.15, -0.1) is 0 Å². The number of nitrogens with one attached hydrogen (secondary N) is 2. The summed E-state index contributed by atoms with van der Waals surface area (Å²) in [7, 11) is 0. The van der Waals surface area contributed by atoms with E-state index >= 15 is 0 Å². The maximum atomic E-state index is 13.7. The van der Waals surface area contributed by atoms with Crippen LogP contribution < -0.4 is 21.9 Å². The Morgan fingerprint density at radius 2 is 1.18 bits per heavy atom. The SMILES string of the molecule is O=c1ccn(-c2cnc3ccc(C4CCNCC4)cc3c2)c(=O)n1-c1cnc2ccc(C3CCNCC3)cc2c1. The molecular formula is C32H32N6O2. The molecular weight excluding hydrogens is 500 g/mol. The minimum Gasteiger partial charge on any atom is -0.317 e. The maximum absolute atomic E-state index is 13.7. The van der Waals surface area contributed by atoms with E-state index in [4.69, 9.17) is 0 Å². The molecule has 8 nitrogen and oxygen atoms in total. The normalized spacial score (nSPS) is 17.0. The smallest absolute Gasteiger partial charge is 0.317 e. The molecule has 0 amide bonds. The summed E-state index contributed by atoms with van der Waals surface area (Å²) in [6.07, 6.45) is 9.24. The molecule has 0 saturated carbocycles. The van der Waals surface area contributed by atoms with Crippen molar-refractivity contribution < 1.29 is 0 Å². The summed E-state index contributed by atoms with van der Waals surface area (Å²) in [5.41, 5.74) is 4.54. The Kier molecular flexibility index (Phi) is 6.49. The van der Waals surface area contributed by atoms with Crippen molar-refractivity contribution in [2.24, 2.45) is 0 Å². The van der Waals surface area contributed by atoms with Crippen LogP contribution in [0.25, 0.3) is 33.2 Å². The third-order valence-corrected chi connectivity index (χ3v) is 8.52. The van der Waals surface area contributed by atoms with E-state index in [1.807, 2.05) is 18.2 Å². The topological polar surface area (TPSA) is 93.8 Å². The molecule has 2 fully saturated rings. The van der Waals surface area contributed by atoms with E-state index in [1.165, 1.54) is 32.5 Å². The Morgan fingerprint density at radius 3 is 1.75 bits per heavy atom. The number of rotatable bonds is 4. The molecule has 2 saturated heterocycles. The van der Waals surface area contributed by atoms with Gasteiger partial charge in [0.1, 0.15) is 0 Å². The Labute approximate surface area is 231 Å². The second-order valence-corrected chi connectivity index (χ2v) is 11.0. The first-order chi connectivity index (χ1) is 19.6. The summed E-state index contributed by atoms with van der Waals surface area (Å²) in [4.78, 5) is 36.0. The fraction of sp³-hybridized carbons (Fsp3) is 0.312. The summed E-state index contributed by atoms with van der Waals surface area (Å²) in [5.74, 6) is 1.02. The van der Waals surface area contributed by atoms with E-state index in [2.05, 4.69) is 50.9 Å². The molecule has 0 spiro atoms. The largest absolute Gasteiger partial charge is 0.340 e. The van der Waals surface area contributed by atoms with E-state index in [0.29, 0.717) is 23.2 Å². The van der Waals surface area contributed by atoms with Gasteiger partial charge < -0.3 is 10.6 Å². The summed E-state index contributed by atoms with van der Waals surface area (Å²) in [6, 6.07) is 18.0. The van der Waals surface area contributed by atoms with Crippen molar-refractivity contribution in [1.29, 1.82) is 0 Å². The first-order valence-electron chi connectivity index (χ1n) is 14.2. The van der Waals surface area contributed by atoms with Gasteiger partial charge in [0.2, 0.25) is 0 Å². The first kappa shape index (κ1) is 24.9. The van der Waals surface area contributed by atoms with Crippen LogP contribution in [-0.2, 0) is 0 Å². The van der Waals surface area contributed by atoms with Gasteiger partial charge in [-0.2, -0.15) is 0 Å². The molecule has 8 heteroatoms. The van der Waals surface area contributed by atoms with E-state index in [0.717, 1.165) is 73.7 Å². The van der Waals surface area contributed by atoms with E-state index in [9.17, 15) is 9.59 Å². The van der Waals surface area contributed by atoms with Crippen LogP contribution in [0.1, 0.15) is 48.6 Å².